The molecule has 0 bridgehead atoms. The quantitative estimate of drug-likeness (QED) is 0.570. The minimum absolute atomic E-state index is 0.0684. The zero-order chi connectivity index (χ0) is 23.1. The molecular formula is C24H36N4O4. The Labute approximate surface area is 190 Å². The summed E-state index contributed by atoms with van der Waals surface area (Å²) in [6, 6.07) is 6.60. The summed E-state index contributed by atoms with van der Waals surface area (Å²) in [4.78, 5) is 30.2. The second-order valence-corrected chi connectivity index (χ2v) is 8.50. The molecule has 8 heteroatoms. The van der Waals surface area contributed by atoms with Gasteiger partial charge in [0.15, 0.2) is 0 Å². The van der Waals surface area contributed by atoms with Crippen LogP contribution in [0.15, 0.2) is 35.5 Å². The van der Waals surface area contributed by atoms with Crippen LogP contribution in [0, 0.1) is 0 Å². The summed E-state index contributed by atoms with van der Waals surface area (Å²) >= 11 is 0. The van der Waals surface area contributed by atoms with Gasteiger partial charge in [0, 0.05) is 38.4 Å². The minimum atomic E-state index is -0.577. The van der Waals surface area contributed by atoms with Crippen molar-refractivity contribution in [1.29, 1.82) is 0 Å². The molecule has 8 nitrogen and oxygen atoms in total. The summed E-state index contributed by atoms with van der Waals surface area (Å²) in [7, 11) is 0. The lowest BCUT2D eigenvalue weighted by Gasteiger charge is -2.37. The van der Waals surface area contributed by atoms with Crippen LogP contribution in [-0.2, 0) is 9.53 Å². The van der Waals surface area contributed by atoms with Crippen molar-refractivity contribution in [1.82, 2.24) is 20.4 Å². The van der Waals surface area contributed by atoms with Gasteiger partial charge in [0.2, 0.25) is 0 Å². The monoisotopic (exact) mass is 444 g/mol. The maximum Gasteiger partial charge on any atom is 0.338 e. The second-order valence-electron chi connectivity index (χ2n) is 8.50. The first-order valence-electron chi connectivity index (χ1n) is 11.6. The standard InChI is InChI=1S/C24H36N4O4/c1-5-11-27-12-14-28(15-13-27)16-20-21(23(29)31-6-2)22(26-24(30)25-20)18-7-9-19(10-8-18)32-17(3)4/h7-10,17,22H,5-6,11-16H2,1-4H3,(H2,25,26,30). The second kappa shape index (κ2) is 11.3. The number of ether oxygens (including phenoxy) is 2. The molecule has 1 unspecified atom stereocenters. The first kappa shape index (κ1) is 24.1. The molecule has 1 atom stereocenters. The molecule has 2 N–H and O–H groups in total. The number of benzene rings is 1. The molecule has 2 aliphatic rings. The van der Waals surface area contributed by atoms with Crippen LogP contribution in [0.4, 0.5) is 4.79 Å². The smallest absolute Gasteiger partial charge is 0.338 e. The van der Waals surface area contributed by atoms with Gasteiger partial charge >= 0.3 is 12.0 Å². The molecule has 1 aromatic carbocycles. The van der Waals surface area contributed by atoms with E-state index in [0.29, 0.717) is 17.8 Å². The molecule has 1 fully saturated rings. The van der Waals surface area contributed by atoms with E-state index in [9.17, 15) is 9.59 Å². The van der Waals surface area contributed by atoms with E-state index in [1.165, 1.54) is 0 Å². The van der Waals surface area contributed by atoms with Crippen LogP contribution in [0.25, 0.3) is 0 Å². The van der Waals surface area contributed by atoms with Gasteiger partial charge in [0.05, 0.1) is 24.3 Å². The molecule has 1 saturated heterocycles. The number of urea groups is 1. The Morgan fingerprint density at radius 1 is 1.09 bits per heavy atom. The van der Waals surface area contributed by atoms with Crippen molar-refractivity contribution < 1.29 is 19.1 Å². The Balaban J connectivity index is 1.85. The third-order valence-electron chi connectivity index (χ3n) is 5.62. The number of nitrogens with zero attached hydrogens (tertiary/aromatic N) is 2. The highest BCUT2D eigenvalue weighted by Gasteiger charge is 2.34. The summed E-state index contributed by atoms with van der Waals surface area (Å²) in [6.45, 7) is 13.6. The molecule has 2 amide bonds. The van der Waals surface area contributed by atoms with Crippen molar-refractivity contribution in [2.75, 3.05) is 45.9 Å². The summed E-state index contributed by atoms with van der Waals surface area (Å²) in [6.07, 6.45) is 1.21. The van der Waals surface area contributed by atoms with Crippen molar-refractivity contribution in [3.63, 3.8) is 0 Å². The van der Waals surface area contributed by atoms with Crippen LogP contribution in [0.3, 0.4) is 0 Å². The largest absolute Gasteiger partial charge is 0.491 e. The molecule has 0 aromatic heterocycles. The van der Waals surface area contributed by atoms with Gasteiger partial charge in [-0.05, 0) is 51.4 Å². The van der Waals surface area contributed by atoms with Crippen molar-refractivity contribution in [3.05, 3.63) is 41.1 Å². The Hall–Kier alpha value is -2.58. The Kier molecular flexibility index (Phi) is 8.53. The topological polar surface area (TPSA) is 83.1 Å². The van der Waals surface area contributed by atoms with Gasteiger partial charge in [0.25, 0.3) is 0 Å². The van der Waals surface area contributed by atoms with E-state index < -0.39 is 12.0 Å². The number of hydrogen-bond acceptors (Lipinski definition) is 6. The normalized spacial score (nSPS) is 20.2. The molecule has 2 aliphatic heterocycles. The lowest BCUT2D eigenvalue weighted by Crippen LogP contribution is -2.51. The fourth-order valence-electron chi connectivity index (χ4n) is 4.16. The number of piperazine rings is 1. The van der Waals surface area contributed by atoms with E-state index in [1.54, 1.807) is 6.92 Å². The summed E-state index contributed by atoms with van der Waals surface area (Å²) < 4.78 is 11.1. The SMILES string of the molecule is CCCN1CCN(CC2=C(C(=O)OCC)C(c3ccc(OC(C)C)cc3)NC(=O)N2)CC1. The number of amides is 2. The lowest BCUT2D eigenvalue weighted by molar-refractivity contribution is -0.139. The molecule has 176 valence electrons. The first-order chi connectivity index (χ1) is 15.4. The molecule has 0 saturated carbocycles. The highest BCUT2D eigenvalue weighted by molar-refractivity contribution is 5.95. The summed E-state index contributed by atoms with van der Waals surface area (Å²) in [5.41, 5.74) is 1.88. The van der Waals surface area contributed by atoms with E-state index in [2.05, 4.69) is 27.4 Å². The lowest BCUT2D eigenvalue weighted by atomic mass is 9.94. The van der Waals surface area contributed by atoms with Crippen LogP contribution >= 0.6 is 0 Å². The number of hydrogen-bond donors (Lipinski definition) is 2. The van der Waals surface area contributed by atoms with E-state index in [1.807, 2.05) is 38.1 Å². The van der Waals surface area contributed by atoms with Crippen molar-refractivity contribution in [2.45, 2.75) is 46.3 Å². The third kappa shape index (κ3) is 6.23. The third-order valence-corrected chi connectivity index (χ3v) is 5.62. The molecule has 3 rings (SSSR count). The zero-order valence-corrected chi connectivity index (χ0v) is 19.6. The van der Waals surface area contributed by atoms with E-state index in [-0.39, 0.29) is 18.7 Å². The molecule has 1 aromatic rings. The average molecular weight is 445 g/mol. The maximum absolute atomic E-state index is 13.0. The van der Waals surface area contributed by atoms with Gasteiger partial charge in [-0.2, -0.15) is 0 Å². The Morgan fingerprint density at radius 2 is 1.75 bits per heavy atom. The summed E-state index contributed by atoms with van der Waals surface area (Å²) in [5.74, 6) is 0.336. The molecule has 0 aliphatic carbocycles. The van der Waals surface area contributed by atoms with Gasteiger partial charge in [0.1, 0.15) is 5.75 Å². The molecule has 0 spiro atoms. The number of rotatable bonds is 9. The van der Waals surface area contributed by atoms with Crippen LogP contribution in [0.2, 0.25) is 0 Å². The van der Waals surface area contributed by atoms with E-state index in [4.69, 9.17) is 9.47 Å². The molecular weight excluding hydrogens is 408 g/mol. The molecule has 32 heavy (non-hydrogen) atoms. The van der Waals surface area contributed by atoms with Gasteiger partial charge in [-0.25, -0.2) is 9.59 Å². The van der Waals surface area contributed by atoms with Crippen LogP contribution in [0.1, 0.15) is 45.7 Å². The summed E-state index contributed by atoms with van der Waals surface area (Å²) in [5, 5.41) is 5.77. The van der Waals surface area contributed by atoms with Gasteiger partial charge in [-0.3, -0.25) is 4.90 Å². The van der Waals surface area contributed by atoms with Crippen LogP contribution < -0.4 is 15.4 Å². The Morgan fingerprint density at radius 3 is 2.34 bits per heavy atom. The Bertz CT molecular complexity index is 814. The number of carbonyl (C=O) groups is 2. The van der Waals surface area contributed by atoms with Crippen LogP contribution in [-0.4, -0.2) is 73.8 Å². The minimum Gasteiger partial charge on any atom is -0.491 e. The van der Waals surface area contributed by atoms with Crippen LogP contribution in [0.5, 0.6) is 5.75 Å². The molecule has 2 heterocycles. The van der Waals surface area contributed by atoms with Crippen molar-refractivity contribution in [2.24, 2.45) is 0 Å². The number of esters is 1. The van der Waals surface area contributed by atoms with Gasteiger partial charge < -0.3 is 25.0 Å². The molecule has 0 radical (unpaired) electrons. The number of carbonyl (C=O) groups excluding carboxylic acids is 2. The fraction of sp³-hybridized carbons (Fsp3) is 0.583. The van der Waals surface area contributed by atoms with E-state index >= 15 is 0 Å². The fourth-order valence-corrected chi connectivity index (χ4v) is 4.16. The van der Waals surface area contributed by atoms with Gasteiger partial charge in [-0.1, -0.05) is 19.1 Å². The van der Waals surface area contributed by atoms with Crippen molar-refractivity contribution in [3.8, 4) is 5.75 Å². The van der Waals surface area contributed by atoms with Gasteiger partial charge in [-0.15, -0.1) is 0 Å². The number of nitrogens with one attached hydrogen (secondary N) is 2. The highest BCUT2D eigenvalue weighted by atomic mass is 16.5. The predicted molar refractivity (Wildman–Crippen MR) is 123 cm³/mol. The van der Waals surface area contributed by atoms with E-state index in [0.717, 1.165) is 50.5 Å². The maximum atomic E-state index is 13.0. The zero-order valence-electron chi connectivity index (χ0n) is 19.6. The highest BCUT2D eigenvalue weighted by Crippen LogP contribution is 2.29. The van der Waals surface area contributed by atoms with Crippen molar-refractivity contribution >= 4 is 12.0 Å². The predicted octanol–water partition coefficient (Wildman–Crippen LogP) is 2.67. The first-order valence-corrected chi connectivity index (χ1v) is 11.6. The average Bonchev–Trinajstić information content (AvgIpc) is 2.75.